The van der Waals surface area contributed by atoms with Crippen LogP contribution in [0.15, 0.2) is 0 Å². The van der Waals surface area contributed by atoms with Gasteiger partial charge in [-0.15, -0.1) is 0 Å². The maximum Gasteiger partial charge on any atom is 0.305 e. The molecule has 0 aromatic rings. The molecule has 0 aromatic carbocycles. The van der Waals surface area contributed by atoms with Crippen LogP contribution in [0.1, 0.15) is 97.3 Å². The van der Waals surface area contributed by atoms with Crippen LogP contribution in [0.2, 0.25) is 0 Å². The fraction of sp³-hybridized carbons (Fsp3) is 0.842. The highest BCUT2D eigenvalue weighted by molar-refractivity contribution is 5.91. The van der Waals surface area contributed by atoms with Crippen molar-refractivity contribution in [2.24, 2.45) is 0 Å². The SMILES string of the molecule is CCCCCCCCCCCC(=O)NC(CC(=O)O)C(=O)CCC. The van der Waals surface area contributed by atoms with E-state index in [-0.39, 0.29) is 18.1 Å². The average Bonchev–Trinajstić information content (AvgIpc) is 2.52. The van der Waals surface area contributed by atoms with Crippen LogP contribution >= 0.6 is 0 Å². The molecule has 0 aliphatic heterocycles. The second-order valence-corrected chi connectivity index (χ2v) is 6.51. The van der Waals surface area contributed by atoms with Crippen LogP contribution in [0.5, 0.6) is 0 Å². The number of nitrogens with one attached hydrogen (secondary N) is 1. The molecule has 24 heavy (non-hydrogen) atoms. The fourth-order valence-electron chi connectivity index (χ4n) is 2.70. The molecule has 5 nitrogen and oxygen atoms in total. The number of unbranched alkanes of at least 4 members (excludes halogenated alkanes) is 8. The van der Waals surface area contributed by atoms with Crippen molar-refractivity contribution in [3.63, 3.8) is 0 Å². The van der Waals surface area contributed by atoms with Gasteiger partial charge in [-0.1, -0.05) is 65.2 Å². The number of ketones is 1. The number of hydrogen-bond acceptors (Lipinski definition) is 3. The third-order valence-electron chi connectivity index (χ3n) is 4.11. The molecule has 2 N–H and O–H groups in total. The smallest absolute Gasteiger partial charge is 0.305 e. The molecular weight excluding hydrogens is 306 g/mol. The highest BCUT2D eigenvalue weighted by Crippen LogP contribution is 2.10. The van der Waals surface area contributed by atoms with E-state index in [4.69, 9.17) is 5.11 Å². The maximum atomic E-state index is 11.9. The number of carbonyl (C=O) groups excluding carboxylic acids is 2. The van der Waals surface area contributed by atoms with E-state index in [2.05, 4.69) is 12.2 Å². The number of carboxylic acid groups (broad SMARTS) is 1. The summed E-state index contributed by atoms with van der Waals surface area (Å²) in [5.41, 5.74) is 0. The lowest BCUT2D eigenvalue weighted by molar-refractivity contribution is -0.140. The Kier molecular flexibility index (Phi) is 14.3. The van der Waals surface area contributed by atoms with E-state index in [1.54, 1.807) is 0 Å². The van der Waals surface area contributed by atoms with Crippen molar-refractivity contribution >= 4 is 17.7 Å². The Morgan fingerprint density at radius 1 is 0.792 bits per heavy atom. The molecule has 140 valence electrons. The van der Waals surface area contributed by atoms with E-state index in [0.717, 1.165) is 19.3 Å². The number of carboxylic acids is 1. The summed E-state index contributed by atoms with van der Waals surface area (Å²) >= 11 is 0. The number of hydrogen-bond donors (Lipinski definition) is 2. The zero-order chi connectivity index (χ0) is 18.2. The van der Waals surface area contributed by atoms with Crippen molar-refractivity contribution in [3.05, 3.63) is 0 Å². The molecule has 0 aliphatic carbocycles. The summed E-state index contributed by atoms with van der Waals surface area (Å²) in [6.45, 7) is 4.07. The Hall–Kier alpha value is -1.39. The molecular formula is C19H35NO4. The van der Waals surface area contributed by atoms with Crippen LogP contribution in [0.4, 0.5) is 0 Å². The van der Waals surface area contributed by atoms with Gasteiger partial charge in [0.1, 0.15) is 0 Å². The molecule has 0 rings (SSSR count). The number of amides is 1. The first-order valence-electron chi connectivity index (χ1n) is 9.55. The minimum Gasteiger partial charge on any atom is -0.481 e. The van der Waals surface area contributed by atoms with E-state index in [1.807, 2.05) is 6.92 Å². The third kappa shape index (κ3) is 13.1. The molecule has 5 heteroatoms. The highest BCUT2D eigenvalue weighted by Gasteiger charge is 2.22. The Balaban J connectivity index is 3.84. The van der Waals surface area contributed by atoms with Crippen molar-refractivity contribution in [1.29, 1.82) is 0 Å². The molecule has 0 spiro atoms. The van der Waals surface area contributed by atoms with E-state index < -0.39 is 12.0 Å². The summed E-state index contributed by atoms with van der Waals surface area (Å²) in [6, 6.07) is -0.881. The summed E-state index contributed by atoms with van der Waals surface area (Å²) in [4.78, 5) is 34.6. The van der Waals surface area contributed by atoms with Crippen LogP contribution in [0.3, 0.4) is 0 Å². The first-order chi connectivity index (χ1) is 11.5. The van der Waals surface area contributed by atoms with E-state index >= 15 is 0 Å². The standard InChI is InChI=1S/C19H35NO4/c1-3-5-6-7-8-9-10-11-12-14-18(22)20-16(15-19(23)24)17(21)13-4-2/h16H,3-15H2,1-2H3,(H,20,22)(H,23,24). The molecule has 0 aromatic heterocycles. The molecule has 1 unspecified atom stereocenters. The van der Waals surface area contributed by atoms with Crippen LogP contribution in [-0.4, -0.2) is 28.8 Å². The van der Waals surface area contributed by atoms with Gasteiger partial charge in [0.25, 0.3) is 0 Å². The first kappa shape index (κ1) is 22.6. The minimum atomic E-state index is -1.06. The van der Waals surface area contributed by atoms with E-state index in [9.17, 15) is 14.4 Å². The number of aliphatic carboxylic acids is 1. The molecule has 1 atom stereocenters. The monoisotopic (exact) mass is 341 g/mol. The number of rotatable bonds is 16. The Morgan fingerprint density at radius 2 is 1.33 bits per heavy atom. The third-order valence-corrected chi connectivity index (χ3v) is 4.11. The molecule has 0 aliphatic rings. The Labute approximate surface area is 146 Å². The lowest BCUT2D eigenvalue weighted by Gasteiger charge is -2.15. The molecule has 0 saturated carbocycles. The van der Waals surface area contributed by atoms with Crippen molar-refractivity contribution in [2.45, 2.75) is 103 Å². The summed E-state index contributed by atoms with van der Waals surface area (Å²) < 4.78 is 0. The van der Waals surface area contributed by atoms with Gasteiger partial charge in [0.05, 0.1) is 12.5 Å². The Morgan fingerprint density at radius 3 is 1.83 bits per heavy atom. The van der Waals surface area contributed by atoms with Crippen LogP contribution in [0, 0.1) is 0 Å². The van der Waals surface area contributed by atoms with Gasteiger partial charge in [-0.25, -0.2) is 0 Å². The van der Waals surface area contributed by atoms with Gasteiger partial charge in [0.15, 0.2) is 5.78 Å². The van der Waals surface area contributed by atoms with Gasteiger partial charge >= 0.3 is 5.97 Å². The number of carbonyl (C=O) groups is 3. The van der Waals surface area contributed by atoms with Gasteiger partial charge in [-0.05, 0) is 12.8 Å². The molecule has 1 amide bonds. The van der Waals surface area contributed by atoms with Crippen molar-refractivity contribution in [3.8, 4) is 0 Å². The minimum absolute atomic E-state index is 0.194. The van der Waals surface area contributed by atoms with Crippen LogP contribution in [0.25, 0.3) is 0 Å². The Bertz CT molecular complexity index is 368. The van der Waals surface area contributed by atoms with Crippen LogP contribution in [-0.2, 0) is 14.4 Å². The zero-order valence-corrected chi connectivity index (χ0v) is 15.4. The van der Waals surface area contributed by atoms with Crippen molar-refractivity contribution in [2.75, 3.05) is 0 Å². The first-order valence-corrected chi connectivity index (χ1v) is 9.55. The van der Waals surface area contributed by atoms with Crippen molar-refractivity contribution < 1.29 is 19.5 Å². The second kappa shape index (κ2) is 15.2. The summed E-state index contributed by atoms with van der Waals surface area (Å²) in [6.07, 6.45) is 11.6. The maximum absolute atomic E-state index is 11.9. The van der Waals surface area contributed by atoms with Gasteiger partial charge < -0.3 is 10.4 Å². The summed E-state index contributed by atoms with van der Waals surface area (Å²) in [7, 11) is 0. The van der Waals surface area contributed by atoms with Crippen molar-refractivity contribution in [1.82, 2.24) is 5.32 Å². The predicted molar refractivity (Wildman–Crippen MR) is 95.9 cm³/mol. The fourth-order valence-corrected chi connectivity index (χ4v) is 2.70. The van der Waals surface area contributed by atoms with Gasteiger partial charge in [0, 0.05) is 12.8 Å². The summed E-state index contributed by atoms with van der Waals surface area (Å²) in [5.74, 6) is -1.47. The van der Waals surface area contributed by atoms with E-state index in [1.165, 1.54) is 38.5 Å². The normalized spacial score (nSPS) is 11.9. The molecule has 0 heterocycles. The molecule has 0 saturated heterocycles. The van der Waals surface area contributed by atoms with Gasteiger partial charge in [-0.3, -0.25) is 14.4 Å². The second-order valence-electron chi connectivity index (χ2n) is 6.51. The predicted octanol–water partition coefficient (Wildman–Crippen LogP) is 4.24. The molecule has 0 fully saturated rings. The lowest BCUT2D eigenvalue weighted by atomic mass is 10.0. The molecule has 0 bridgehead atoms. The van der Waals surface area contributed by atoms with Gasteiger partial charge in [0.2, 0.25) is 5.91 Å². The lowest BCUT2D eigenvalue weighted by Crippen LogP contribution is -2.42. The van der Waals surface area contributed by atoms with E-state index in [0.29, 0.717) is 19.3 Å². The largest absolute Gasteiger partial charge is 0.481 e. The number of Topliss-reactive ketones (excluding diaryl/α,β-unsaturated/α-hetero) is 1. The summed E-state index contributed by atoms with van der Waals surface area (Å²) in [5, 5.41) is 11.4. The van der Waals surface area contributed by atoms with Crippen LogP contribution < -0.4 is 5.32 Å². The molecule has 0 radical (unpaired) electrons. The zero-order valence-electron chi connectivity index (χ0n) is 15.4. The average molecular weight is 341 g/mol. The quantitative estimate of drug-likeness (QED) is 0.411. The van der Waals surface area contributed by atoms with Gasteiger partial charge in [-0.2, -0.15) is 0 Å². The highest BCUT2D eigenvalue weighted by atomic mass is 16.4. The topological polar surface area (TPSA) is 83.5 Å².